The highest BCUT2D eigenvalue weighted by atomic mass is 35.5. The van der Waals surface area contributed by atoms with Crippen molar-refractivity contribution < 1.29 is 17.6 Å². The molecule has 0 fully saturated rings. The Morgan fingerprint density at radius 2 is 1.80 bits per heavy atom. The van der Waals surface area contributed by atoms with Crippen LogP contribution < -0.4 is 4.72 Å². The molecule has 8 heteroatoms. The molecule has 25 heavy (non-hydrogen) atoms. The standard InChI is InChI=1S/C17H18ClFN2O3S/c1-13(22)21(12-14-6-2-4-8-16(14)19)11-10-20-25(23,24)17-9-5-3-7-15(17)18/h2-9,20H,10-12H2,1H3. The van der Waals surface area contributed by atoms with Crippen LogP contribution in [0.1, 0.15) is 12.5 Å². The molecule has 0 aliphatic heterocycles. The van der Waals surface area contributed by atoms with Gasteiger partial charge in [-0.3, -0.25) is 4.79 Å². The van der Waals surface area contributed by atoms with E-state index in [0.717, 1.165) is 0 Å². The Morgan fingerprint density at radius 1 is 1.16 bits per heavy atom. The largest absolute Gasteiger partial charge is 0.337 e. The average molecular weight is 385 g/mol. The highest BCUT2D eigenvalue weighted by molar-refractivity contribution is 7.89. The minimum Gasteiger partial charge on any atom is -0.337 e. The number of sulfonamides is 1. The third-order valence-corrected chi connectivity index (χ3v) is 5.53. The predicted molar refractivity (Wildman–Crippen MR) is 94.1 cm³/mol. The molecule has 0 aliphatic rings. The van der Waals surface area contributed by atoms with Gasteiger partial charge in [0.1, 0.15) is 10.7 Å². The molecule has 2 aromatic rings. The number of nitrogens with one attached hydrogen (secondary N) is 1. The number of halogens is 2. The number of amides is 1. The minimum absolute atomic E-state index is 0.0123. The third-order valence-electron chi connectivity index (χ3n) is 3.56. The van der Waals surface area contributed by atoms with Gasteiger partial charge in [-0.15, -0.1) is 0 Å². The second-order valence-electron chi connectivity index (χ2n) is 5.36. The molecule has 1 N–H and O–H groups in total. The van der Waals surface area contributed by atoms with Gasteiger partial charge in [-0.05, 0) is 18.2 Å². The Morgan fingerprint density at radius 3 is 2.44 bits per heavy atom. The van der Waals surface area contributed by atoms with E-state index in [2.05, 4.69) is 4.72 Å². The summed E-state index contributed by atoms with van der Waals surface area (Å²) in [5, 5.41) is 0.116. The molecule has 2 aromatic carbocycles. The minimum atomic E-state index is -3.79. The summed E-state index contributed by atoms with van der Waals surface area (Å²) < 4.78 is 40.6. The van der Waals surface area contributed by atoms with Crippen molar-refractivity contribution in [3.8, 4) is 0 Å². The normalized spacial score (nSPS) is 11.3. The van der Waals surface area contributed by atoms with E-state index >= 15 is 0 Å². The van der Waals surface area contributed by atoms with Gasteiger partial charge < -0.3 is 4.90 Å². The number of hydrogen-bond donors (Lipinski definition) is 1. The van der Waals surface area contributed by atoms with Crippen molar-refractivity contribution in [2.75, 3.05) is 13.1 Å². The van der Waals surface area contributed by atoms with Gasteiger partial charge in [0, 0.05) is 32.1 Å². The van der Waals surface area contributed by atoms with Crippen LogP contribution in [-0.2, 0) is 21.4 Å². The van der Waals surface area contributed by atoms with E-state index in [1.807, 2.05) is 0 Å². The first-order chi connectivity index (χ1) is 11.8. The molecule has 5 nitrogen and oxygen atoms in total. The third kappa shape index (κ3) is 5.26. The zero-order chi connectivity index (χ0) is 18.4. The van der Waals surface area contributed by atoms with Crippen molar-refractivity contribution >= 4 is 27.5 Å². The topological polar surface area (TPSA) is 66.5 Å². The predicted octanol–water partition coefficient (Wildman–Crippen LogP) is 2.81. The van der Waals surface area contributed by atoms with Crippen molar-refractivity contribution in [3.63, 3.8) is 0 Å². The maximum Gasteiger partial charge on any atom is 0.242 e. The molecule has 0 radical (unpaired) electrons. The molecule has 0 atom stereocenters. The molecule has 1 amide bonds. The number of carbonyl (C=O) groups is 1. The fraction of sp³-hybridized carbons (Fsp3) is 0.235. The first-order valence-electron chi connectivity index (χ1n) is 7.54. The van der Waals surface area contributed by atoms with E-state index in [-0.39, 0.29) is 35.5 Å². The maximum atomic E-state index is 13.7. The Kier molecular flexibility index (Phi) is 6.52. The van der Waals surface area contributed by atoms with Crippen LogP contribution >= 0.6 is 11.6 Å². The number of benzene rings is 2. The molecule has 134 valence electrons. The fourth-order valence-electron chi connectivity index (χ4n) is 2.24. The van der Waals surface area contributed by atoms with Gasteiger partial charge >= 0.3 is 0 Å². The monoisotopic (exact) mass is 384 g/mol. The van der Waals surface area contributed by atoms with Gasteiger partial charge in [-0.1, -0.05) is 41.9 Å². The van der Waals surface area contributed by atoms with Crippen LogP contribution in [0.15, 0.2) is 53.4 Å². The van der Waals surface area contributed by atoms with E-state index in [4.69, 9.17) is 11.6 Å². The van der Waals surface area contributed by atoms with Crippen molar-refractivity contribution in [2.24, 2.45) is 0 Å². The number of rotatable bonds is 7. The van der Waals surface area contributed by atoms with Crippen LogP contribution in [-0.4, -0.2) is 32.3 Å². The quantitative estimate of drug-likeness (QED) is 0.798. The van der Waals surface area contributed by atoms with E-state index in [1.165, 1.54) is 30.0 Å². The number of hydrogen-bond acceptors (Lipinski definition) is 3. The summed E-state index contributed by atoms with van der Waals surface area (Å²) in [6.45, 7) is 1.51. The van der Waals surface area contributed by atoms with E-state index < -0.39 is 15.8 Å². The van der Waals surface area contributed by atoms with Gasteiger partial charge in [0.2, 0.25) is 15.9 Å². The lowest BCUT2D eigenvalue weighted by Gasteiger charge is -2.21. The van der Waals surface area contributed by atoms with E-state index in [1.54, 1.807) is 30.3 Å². The Balaban J connectivity index is 2.01. The zero-order valence-corrected chi connectivity index (χ0v) is 15.1. The van der Waals surface area contributed by atoms with Crippen molar-refractivity contribution in [1.82, 2.24) is 9.62 Å². The van der Waals surface area contributed by atoms with Crippen LogP contribution in [0, 0.1) is 5.82 Å². The molecular weight excluding hydrogens is 367 g/mol. The summed E-state index contributed by atoms with van der Waals surface area (Å²) in [6, 6.07) is 12.2. The van der Waals surface area contributed by atoms with Gasteiger partial charge in [0.05, 0.1) is 5.02 Å². The van der Waals surface area contributed by atoms with Crippen LogP contribution in [0.3, 0.4) is 0 Å². The molecule has 0 saturated carbocycles. The van der Waals surface area contributed by atoms with Gasteiger partial charge in [0.15, 0.2) is 0 Å². The van der Waals surface area contributed by atoms with Crippen molar-refractivity contribution in [1.29, 1.82) is 0 Å². The summed E-state index contributed by atoms with van der Waals surface area (Å²) in [6.07, 6.45) is 0. The summed E-state index contributed by atoms with van der Waals surface area (Å²) in [7, 11) is -3.79. The summed E-state index contributed by atoms with van der Waals surface area (Å²) in [4.78, 5) is 13.1. The summed E-state index contributed by atoms with van der Waals surface area (Å²) in [5.41, 5.74) is 0.367. The fourth-order valence-corrected chi connectivity index (χ4v) is 3.77. The summed E-state index contributed by atoms with van der Waals surface area (Å²) >= 11 is 5.90. The lowest BCUT2D eigenvalue weighted by molar-refractivity contribution is -0.129. The lowest BCUT2D eigenvalue weighted by atomic mass is 10.2. The Hall–Kier alpha value is -1.96. The van der Waals surface area contributed by atoms with Crippen molar-refractivity contribution in [3.05, 3.63) is 64.9 Å². The lowest BCUT2D eigenvalue weighted by Crippen LogP contribution is -2.37. The van der Waals surface area contributed by atoms with Crippen LogP contribution in [0.2, 0.25) is 5.02 Å². The maximum absolute atomic E-state index is 13.7. The van der Waals surface area contributed by atoms with Crippen LogP contribution in [0.5, 0.6) is 0 Å². The number of nitrogens with zero attached hydrogens (tertiary/aromatic N) is 1. The Bertz CT molecular complexity index is 858. The molecule has 0 heterocycles. The van der Waals surface area contributed by atoms with Crippen LogP contribution in [0.25, 0.3) is 0 Å². The van der Waals surface area contributed by atoms with E-state index in [0.29, 0.717) is 5.56 Å². The molecule has 0 bridgehead atoms. The molecule has 0 aliphatic carbocycles. The van der Waals surface area contributed by atoms with Gasteiger partial charge in [-0.25, -0.2) is 17.5 Å². The zero-order valence-electron chi connectivity index (χ0n) is 13.6. The van der Waals surface area contributed by atoms with E-state index in [9.17, 15) is 17.6 Å². The molecule has 0 aromatic heterocycles. The summed E-state index contributed by atoms with van der Waals surface area (Å²) in [5.74, 6) is -0.689. The Labute approximate surface area is 151 Å². The smallest absolute Gasteiger partial charge is 0.242 e. The highest BCUT2D eigenvalue weighted by Gasteiger charge is 2.18. The first kappa shape index (κ1) is 19.4. The molecule has 0 spiro atoms. The molecule has 0 saturated heterocycles. The average Bonchev–Trinajstić information content (AvgIpc) is 2.55. The first-order valence-corrected chi connectivity index (χ1v) is 9.40. The molecule has 2 rings (SSSR count). The van der Waals surface area contributed by atoms with Gasteiger partial charge in [0.25, 0.3) is 0 Å². The SMILES string of the molecule is CC(=O)N(CCNS(=O)(=O)c1ccccc1Cl)Cc1ccccc1F. The van der Waals surface area contributed by atoms with Crippen molar-refractivity contribution in [2.45, 2.75) is 18.4 Å². The second kappa shape index (κ2) is 8.42. The van der Waals surface area contributed by atoms with Gasteiger partial charge in [-0.2, -0.15) is 0 Å². The molecule has 0 unspecified atom stereocenters. The molecular formula is C17H18ClFN2O3S. The highest BCUT2D eigenvalue weighted by Crippen LogP contribution is 2.20. The number of carbonyl (C=O) groups excluding carboxylic acids is 1. The second-order valence-corrected chi connectivity index (χ2v) is 7.50. The van der Waals surface area contributed by atoms with Crippen LogP contribution in [0.4, 0.5) is 4.39 Å².